The number of ether oxygens (including phenoxy) is 1. The summed E-state index contributed by atoms with van der Waals surface area (Å²) in [5, 5.41) is 18.5. The minimum Gasteiger partial charge on any atom is -0.373 e. The summed E-state index contributed by atoms with van der Waals surface area (Å²) in [5.74, 6) is 0. The van der Waals surface area contributed by atoms with E-state index in [-0.39, 0.29) is 6.10 Å². The number of anilines is 1. The molecule has 0 spiro atoms. The van der Waals surface area contributed by atoms with Crippen molar-refractivity contribution in [3.63, 3.8) is 0 Å². The van der Waals surface area contributed by atoms with E-state index in [2.05, 4.69) is 21.9 Å². The van der Waals surface area contributed by atoms with Crippen molar-refractivity contribution in [1.82, 2.24) is 4.90 Å². The van der Waals surface area contributed by atoms with Crippen molar-refractivity contribution in [2.45, 2.75) is 6.10 Å². The van der Waals surface area contributed by atoms with Crippen LogP contribution >= 0.6 is 0 Å². The molecule has 1 fully saturated rings. The van der Waals surface area contributed by atoms with Crippen LogP contribution in [0.2, 0.25) is 0 Å². The van der Waals surface area contributed by atoms with Gasteiger partial charge in [0.15, 0.2) is 0 Å². The van der Waals surface area contributed by atoms with Gasteiger partial charge in [-0.2, -0.15) is 10.5 Å². The topological polar surface area (TPSA) is 63.3 Å². The highest BCUT2D eigenvalue weighted by molar-refractivity contribution is 5.68. The van der Waals surface area contributed by atoms with Crippen LogP contribution in [0.15, 0.2) is 18.2 Å². The van der Waals surface area contributed by atoms with Crippen LogP contribution in [0.1, 0.15) is 11.1 Å². The molecule has 5 heteroatoms. The van der Waals surface area contributed by atoms with E-state index in [1.807, 2.05) is 14.1 Å². The molecule has 1 heterocycles. The predicted molar refractivity (Wildman–Crippen MR) is 76.4 cm³/mol. The summed E-state index contributed by atoms with van der Waals surface area (Å²) < 4.78 is 5.74. The zero-order valence-electron chi connectivity index (χ0n) is 11.8. The lowest BCUT2D eigenvalue weighted by Gasteiger charge is -2.36. The van der Waals surface area contributed by atoms with Crippen molar-refractivity contribution in [3.8, 4) is 12.1 Å². The molecule has 0 aromatic heterocycles. The maximum Gasteiger partial charge on any atom is 0.101 e. The maximum atomic E-state index is 9.25. The van der Waals surface area contributed by atoms with E-state index in [1.165, 1.54) is 0 Å². The van der Waals surface area contributed by atoms with Crippen LogP contribution < -0.4 is 4.90 Å². The van der Waals surface area contributed by atoms with Gasteiger partial charge in [-0.15, -0.1) is 0 Å². The second kappa shape index (κ2) is 6.38. The highest BCUT2D eigenvalue weighted by atomic mass is 16.5. The Bertz CT molecular complexity index is 524. The molecule has 1 unspecified atom stereocenters. The molecule has 0 aliphatic carbocycles. The minimum absolute atomic E-state index is 0.0945. The predicted octanol–water partition coefficient (Wildman–Crippen LogP) is 1.20. The molecule has 0 amide bonds. The lowest BCUT2D eigenvalue weighted by atomic mass is 10.1. The quantitative estimate of drug-likeness (QED) is 0.825. The Morgan fingerprint density at radius 1 is 1.30 bits per heavy atom. The third-order valence-electron chi connectivity index (χ3n) is 3.30. The van der Waals surface area contributed by atoms with Gasteiger partial charge >= 0.3 is 0 Å². The number of hydrogen-bond acceptors (Lipinski definition) is 5. The molecule has 1 aliphatic heterocycles. The fourth-order valence-corrected chi connectivity index (χ4v) is 2.50. The van der Waals surface area contributed by atoms with Gasteiger partial charge < -0.3 is 14.5 Å². The smallest absolute Gasteiger partial charge is 0.101 e. The molecule has 0 bridgehead atoms. The van der Waals surface area contributed by atoms with E-state index in [4.69, 9.17) is 4.74 Å². The number of morpholine rings is 1. The average molecular weight is 270 g/mol. The summed E-state index contributed by atoms with van der Waals surface area (Å²) in [6.07, 6.45) is 0.0945. The molecule has 1 aromatic rings. The first-order valence-electron chi connectivity index (χ1n) is 6.60. The summed E-state index contributed by atoms with van der Waals surface area (Å²) in [5.41, 5.74) is 1.84. The van der Waals surface area contributed by atoms with Gasteiger partial charge in [0.25, 0.3) is 0 Å². The fourth-order valence-electron chi connectivity index (χ4n) is 2.50. The minimum atomic E-state index is 0.0945. The van der Waals surface area contributed by atoms with Gasteiger partial charge in [0.1, 0.15) is 12.1 Å². The molecule has 0 saturated carbocycles. The summed E-state index contributed by atoms with van der Waals surface area (Å²) >= 11 is 0. The molecule has 0 radical (unpaired) electrons. The standard InChI is InChI=1S/C15H18N4O/c1-18(2)10-14-11-19(6-7-20-14)15-12(8-16)4-3-5-13(15)9-17/h3-5,14H,6-7,10-11H2,1-2H3. The summed E-state index contributed by atoms with van der Waals surface area (Å²) in [6.45, 7) is 2.85. The Morgan fingerprint density at radius 3 is 2.50 bits per heavy atom. The highest BCUT2D eigenvalue weighted by Crippen LogP contribution is 2.26. The third-order valence-corrected chi connectivity index (χ3v) is 3.30. The van der Waals surface area contributed by atoms with Gasteiger partial charge in [0.2, 0.25) is 0 Å². The van der Waals surface area contributed by atoms with Crippen molar-refractivity contribution in [1.29, 1.82) is 10.5 Å². The monoisotopic (exact) mass is 270 g/mol. The zero-order chi connectivity index (χ0) is 14.5. The van der Waals surface area contributed by atoms with E-state index < -0.39 is 0 Å². The molecule has 0 N–H and O–H groups in total. The lowest BCUT2D eigenvalue weighted by molar-refractivity contribution is 0.0247. The number of rotatable bonds is 3. The summed E-state index contributed by atoms with van der Waals surface area (Å²) in [6, 6.07) is 9.62. The first-order chi connectivity index (χ1) is 9.65. The molecular weight excluding hydrogens is 252 g/mol. The second-order valence-electron chi connectivity index (χ2n) is 5.13. The Hall–Kier alpha value is -2.08. The van der Waals surface area contributed by atoms with Crippen molar-refractivity contribution in [2.24, 2.45) is 0 Å². The van der Waals surface area contributed by atoms with E-state index in [9.17, 15) is 10.5 Å². The van der Waals surface area contributed by atoms with Crippen molar-refractivity contribution in [3.05, 3.63) is 29.3 Å². The van der Waals surface area contributed by atoms with Gasteiger partial charge in [0.05, 0.1) is 29.5 Å². The third kappa shape index (κ3) is 3.08. The van der Waals surface area contributed by atoms with Crippen LogP contribution in [0.5, 0.6) is 0 Å². The van der Waals surface area contributed by atoms with Gasteiger partial charge in [-0.3, -0.25) is 0 Å². The van der Waals surface area contributed by atoms with Crippen molar-refractivity contribution >= 4 is 5.69 Å². The second-order valence-corrected chi connectivity index (χ2v) is 5.13. The van der Waals surface area contributed by atoms with E-state index in [0.29, 0.717) is 30.8 Å². The number of nitriles is 2. The number of benzene rings is 1. The average Bonchev–Trinajstić information content (AvgIpc) is 2.45. The molecule has 20 heavy (non-hydrogen) atoms. The first-order valence-corrected chi connectivity index (χ1v) is 6.60. The molecule has 1 aliphatic rings. The largest absolute Gasteiger partial charge is 0.373 e. The Morgan fingerprint density at radius 2 is 1.95 bits per heavy atom. The molecule has 1 atom stereocenters. The van der Waals surface area contributed by atoms with Crippen LogP contribution in [-0.4, -0.2) is 51.3 Å². The first kappa shape index (κ1) is 14.3. The summed E-state index contributed by atoms with van der Waals surface area (Å²) in [4.78, 5) is 4.17. The van der Waals surface area contributed by atoms with Crippen molar-refractivity contribution < 1.29 is 4.74 Å². The number of hydrogen-bond donors (Lipinski definition) is 0. The lowest BCUT2D eigenvalue weighted by Crippen LogP contribution is -2.47. The zero-order valence-corrected chi connectivity index (χ0v) is 11.8. The number of nitrogens with zero attached hydrogens (tertiary/aromatic N) is 4. The van der Waals surface area contributed by atoms with E-state index in [0.717, 1.165) is 12.2 Å². The van der Waals surface area contributed by atoms with Gasteiger partial charge in [-0.25, -0.2) is 0 Å². The molecule has 1 aromatic carbocycles. The Kier molecular flexibility index (Phi) is 4.57. The molecule has 2 rings (SSSR count). The molecular formula is C15H18N4O. The SMILES string of the molecule is CN(C)CC1CN(c2c(C#N)cccc2C#N)CCO1. The Labute approximate surface area is 119 Å². The van der Waals surface area contributed by atoms with Gasteiger partial charge in [-0.05, 0) is 26.2 Å². The molecule has 1 saturated heterocycles. The molecule has 104 valence electrons. The van der Waals surface area contributed by atoms with Crippen molar-refractivity contribution in [2.75, 3.05) is 45.2 Å². The van der Waals surface area contributed by atoms with E-state index in [1.54, 1.807) is 18.2 Å². The van der Waals surface area contributed by atoms with Gasteiger partial charge in [-0.1, -0.05) is 6.07 Å². The van der Waals surface area contributed by atoms with Crippen LogP contribution in [0.4, 0.5) is 5.69 Å². The normalized spacial score (nSPS) is 18.6. The van der Waals surface area contributed by atoms with Crippen LogP contribution in [0.3, 0.4) is 0 Å². The highest BCUT2D eigenvalue weighted by Gasteiger charge is 2.24. The van der Waals surface area contributed by atoms with Crippen LogP contribution in [0, 0.1) is 22.7 Å². The maximum absolute atomic E-state index is 9.25. The summed E-state index contributed by atoms with van der Waals surface area (Å²) in [7, 11) is 4.01. The van der Waals surface area contributed by atoms with Crippen LogP contribution in [-0.2, 0) is 4.74 Å². The fraction of sp³-hybridized carbons (Fsp3) is 0.467. The number of likely N-dealkylation sites (N-methyl/N-ethyl adjacent to an activating group) is 1. The van der Waals surface area contributed by atoms with Crippen LogP contribution in [0.25, 0.3) is 0 Å². The number of para-hydroxylation sites is 1. The van der Waals surface area contributed by atoms with Gasteiger partial charge in [0, 0.05) is 19.6 Å². The van der Waals surface area contributed by atoms with E-state index >= 15 is 0 Å². The molecule has 5 nitrogen and oxygen atoms in total. The Balaban J connectivity index is 2.27.